The minimum absolute atomic E-state index is 0.0995. The van der Waals surface area contributed by atoms with E-state index in [-0.39, 0.29) is 11.8 Å². The summed E-state index contributed by atoms with van der Waals surface area (Å²) in [5.74, 6) is 0.415. The molecule has 0 spiro atoms. The van der Waals surface area contributed by atoms with E-state index in [2.05, 4.69) is 15.4 Å². The first kappa shape index (κ1) is 18.4. The zero-order valence-corrected chi connectivity index (χ0v) is 15.3. The molecular formula is C18H21ClN4O3. The molecule has 0 saturated carbocycles. The molecule has 26 heavy (non-hydrogen) atoms. The van der Waals surface area contributed by atoms with Crippen LogP contribution in [0.4, 0.5) is 0 Å². The second-order valence-electron chi connectivity index (χ2n) is 6.22. The van der Waals surface area contributed by atoms with E-state index >= 15 is 0 Å². The second kappa shape index (κ2) is 8.33. The third-order valence-corrected chi connectivity index (χ3v) is 4.58. The highest BCUT2D eigenvalue weighted by Crippen LogP contribution is 2.10. The first-order valence-electron chi connectivity index (χ1n) is 8.51. The third-order valence-electron chi connectivity index (χ3n) is 4.33. The smallest absolute Gasteiger partial charge is 0.276 e. The maximum Gasteiger partial charge on any atom is 0.276 e. The molecule has 0 unspecified atom stereocenters. The van der Waals surface area contributed by atoms with Crippen molar-refractivity contribution in [2.75, 3.05) is 39.3 Å². The van der Waals surface area contributed by atoms with Gasteiger partial charge in [0.2, 0.25) is 0 Å². The quantitative estimate of drug-likeness (QED) is 0.861. The standard InChI is InChI=1S/C18H21ClN4O3/c1-13-12-16(21-26-13)18(25)23-10-8-22(9-11-23)7-6-20-17(24)14-2-4-15(19)5-3-14/h2-5,12H,6-11H2,1H3,(H,20,24). The minimum atomic E-state index is -0.114. The van der Waals surface area contributed by atoms with Crippen molar-refractivity contribution in [2.24, 2.45) is 0 Å². The van der Waals surface area contributed by atoms with Crippen molar-refractivity contribution >= 4 is 23.4 Å². The Kier molecular flexibility index (Phi) is 5.90. The van der Waals surface area contributed by atoms with Gasteiger partial charge in [-0.15, -0.1) is 0 Å². The van der Waals surface area contributed by atoms with Gasteiger partial charge >= 0.3 is 0 Å². The summed E-state index contributed by atoms with van der Waals surface area (Å²) in [6, 6.07) is 8.45. The van der Waals surface area contributed by atoms with Crippen LogP contribution < -0.4 is 5.32 Å². The van der Waals surface area contributed by atoms with E-state index in [4.69, 9.17) is 16.1 Å². The number of rotatable bonds is 5. The number of amides is 2. The van der Waals surface area contributed by atoms with Crippen molar-refractivity contribution in [2.45, 2.75) is 6.92 Å². The van der Waals surface area contributed by atoms with Crippen molar-refractivity contribution in [1.82, 2.24) is 20.3 Å². The second-order valence-corrected chi connectivity index (χ2v) is 6.66. The Balaban J connectivity index is 1.39. The van der Waals surface area contributed by atoms with Crippen LogP contribution in [0.2, 0.25) is 5.02 Å². The van der Waals surface area contributed by atoms with Crippen molar-refractivity contribution in [3.05, 3.63) is 52.4 Å². The molecule has 0 atom stereocenters. The van der Waals surface area contributed by atoms with Gasteiger partial charge in [0, 0.05) is 55.9 Å². The van der Waals surface area contributed by atoms with Crippen molar-refractivity contribution < 1.29 is 14.1 Å². The summed E-state index contributed by atoms with van der Waals surface area (Å²) < 4.78 is 4.96. The first-order chi connectivity index (χ1) is 12.5. The molecule has 1 saturated heterocycles. The molecule has 8 heteroatoms. The van der Waals surface area contributed by atoms with Gasteiger partial charge in [-0.2, -0.15) is 0 Å². The van der Waals surface area contributed by atoms with Crippen LogP contribution >= 0.6 is 11.6 Å². The molecule has 0 radical (unpaired) electrons. The molecule has 1 N–H and O–H groups in total. The number of hydrogen-bond donors (Lipinski definition) is 1. The van der Waals surface area contributed by atoms with Gasteiger partial charge in [0.05, 0.1) is 0 Å². The SMILES string of the molecule is Cc1cc(C(=O)N2CCN(CCNC(=O)c3ccc(Cl)cc3)CC2)no1. The van der Waals surface area contributed by atoms with Crippen LogP contribution in [0.25, 0.3) is 0 Å². The zero-order valence-electron chi connectivity index (χ0n) is 14.6. The summed E-state index contributed by atoms with van der Waals surface area (Å²) in [4.78, 5) is 28.4. The first-order valence-corrected chi connectivity index (χ1v) is 8.89. The van der Waals surface area contributed by atoms with Crippen LogP contribution in [0.3, 0.4) is 0 Å². The fourth-order valence-corrected chi connectivity index (χ4v) is 2.96. The lowest BCUT2D eigenvalue weighted by atomic mass is 10.2. The van der Waals surface area contributed by atoms with Crippen LogP contribution in [-0.2, 0) is 0 Å². The number of carbonyl (C=O) groups is 2. The molecule has 7 nitrogen and oxygen atoms in total. The molecule has 1 fully saturated rings. The number of nitrogens with one attached hydrogen (secondary N) is 1. The van der Waals surface area contributed by atoms with Crippen LogP contribution in [0.15, 0.2) is 34.9 Å². The highest BCUT2D eigenvalue weighted by molar-refractivity contribution is 6.30. The number of piperazine rings is 1. The van der Waals surface area contributed by atoms with E-state index in [1.165, 1.54) is 0 Å². The van der Waals surface area contributed by atoms with E-state index in [9.17, 15) is 9.59 Å². The van der Waals surface area contributed by atoms with Gasteiger partial charge in [-0.3, -0.25) is 14.5 Å². The molecule has 0 bridgehead atoms. The number of aromatic nitrogens is 1. The Labute approximate surface area is 156 Å². The summed E-state index contributed by atoms with van der Waals surface area (Å²) in [6.07, 6.45) is 0. The summed E-state index contributed by atoms with van der Waals surface area (Å²) in [7, 11) is 0. The highest BCUT2D eigenvalue weighted by atomic mass is 35.5. The Morgan fingerprint density at radius 2 is 1.88 bits per heavy atom. The van der Waals surface area contributed by atoms with Crippen molar-refractivity contribution in [3.8, 4) is 0 Å². The monoisotopic (exact) mass is 376 g/mol. The van der Waals surface area contributed by atoms with Gasteiger partial charge in [-0.1, -0.05) is 16.8 Å². The molecule has 0 aliphatic carbocycles. The lowest BCUT2D eigenvalue weighted by Gasteiger charge is -2.34. The van der Waals surface area contributed by atoms with Gasteiger partial charge in [-0.05, 0) is 31.2 Å². The topological polar surface area (TPSA) is 78.7 Å². The predicted octanol–water partition coefficient (Wildman–Crippen LogP) is 1.82. The molecule has 1 aromatic heterocycles. The van der Waals surface area contributed by atoms with Gasteiger partial charge in [0.15, 0.2) is 5.69 Å². The highest BCUT2D eigenvalue weighted by Gasteiger charge is 2.24. The minimum Gasteiger partial charge on any atom is -0.361 e. The lowest BCUT2D eigenvalue weighted by Crippen LogP contribution is -2.50. The maximum absolute atomic E-state index is 12.3. The summed E-state index contributed by atoms with van der Waals surface area (Å²) in [5.41, 5.74) is 0.943. The molecule has 138 valence electrons. The summed E-state index contributed by atoms with van der Waals surface area (Å²) in [6.45, 7) is 5.85. The number of halogens is 1. The molecular weight excluding hydrogens is 356 g/mol. The average Bonchev–Trinajstić information content (AvgIpc) is 3.08. The van der Waals surface area contributed by atoms with Gasteiger partial charge < -0.3 is 14.7 Å². The molecule has 1 aromatic carbocycles. The molecule has 2 heterocycles. The number of benzene rings is 1. The number of nitrogens with zero attached hydrogens (tertiary/aromatic N) is 3. The normalized spacial score (nSPS) is 15.1. The molecule has 3 rings (SSSR count). The van der Waals surface area contributed by atoms with Crippen LogP contribution in [-0.4, -0.2) is 66.0 Å². The van der Waals surface area contributed by atoms with Gasteiger partial charge in [0.1, 0.15) is 5.76 Å². The van der Waals surface area contributed by atoms with Crippen LogP contribution in [0, 0.1) is 6.92 Å². The number of hydrogen-bond acceptors (Lipinski definition) is 5. The van der Waals surface area contributed by atoms with Crippen molar-refractivity contribution in [3.63, 3.8) is 0 Å². The third kappa shape index (κ3) is 4.62. The number of carbonyl (C=O) groups excluding carboxylic acids is 2. The molecule has 1 aliphatic heterocycles. The van der Waals surface area contributed by atoms with Gasteiger partial charge in [-0.25, -0.2) is 0 Å². The van der Waals surface area contributed by atoms with E-state index < -0.39 is 0 Å². The molecule has 2 aromatic rings. The largest absolute Gasteiger partial charge is 0.361 e. The van der Waals surface area contributed by atoms with E-state index in [0.717, 1.165) is 19.6 Å². The average molecular weight is 377 g/mol. The molecule has 1 aliphatic rings. The Morgan fingerprint density at radius 1 is 1.19 bits per heavy atom. The zero-order chi connectivity index (χ0) is 18.5. The maximum atomic E-state index is 12.3. The fourth-order valence-electron chi connectivity index (χ4n) is 2.83. The van der Waals surface area contributed by atoms with Crippen molar-refractivity contribution in [1.29, 1.82) is 0 Å². The Hall–Kier alpha value is -2.38. The molecule has 2 amide bonds. The fraction of sp³-hybridized carbons (Fsp3) is 0.389. The lowest BCUT2D eigenvalue weighted by molar-refractivity contribution is 0.0628. The van der Waals surface area contributed by atoms with E-state index in [1.54, 1.807) is 42.2 Å². The van der Waals surface area contributed by atoms with Crippen LogP contribution in [0.1, 0.15) is 26.6 Å². The Morgan fingerprint density at radius 3 is 2.50 bits per heavy atom. The Bertz CT molecular complexity index is 767. The van der Waals surface area contributed by atoms with E-state index in [1.807, 2.05) is 0 Å². The van der Waals surface area contributed by atoms with Crippen LogP contribution in [0.5, 0.6) is 0 Å². The van der Waals surface area contributed by atoms with Gasteiger partial charge in [0.25, 0.3) is 11.8 Å². The summed E-state index contributed by atoms with van der Waals surface area (Å²) in [5, 5.41) is 7.29. The summed E-state index contributed by atoms with van der Waals surface area (Å²) >= 11 is 5.82. The van der Waals surface area contributed by atoms with E-state index in [0.29, 0.717) is 41.7 Å². The number of aryl methyl sites for hydroxylation is 1. The predicted molar refractivity (Wildman–Crippen MR) is 97.4 cm³/mol.